The van der Waals surface area contributed by atoms with Gasteiger partial charge < -0.3 is 24.8 Å². The molecule has 2 aliphatic heterocycles. The number of ether oxygens (including phenoxy) is 2. The van der Waals surface area contributed by atoms with Crippen LogP contribution in [0.3, 0.4) is 0 Å². The van der Waals surface area contributed by atoms with Crippen LogP contribution in [0, 0.1) is 5.82 Å². The Morgan fingerprint density at radius 3 is 2.59 bits per heavy atom. The number of aromatic nitrogens is 3. The van der Waals surface area contributed by atoms with Gasteiger partial charge in [0.1, 0.15) is 42.0 Å². The molecule has 0 saturated carbocycles. The minimum absolute atomic E-state index is 0.0782. The molecule has 2 aliphatic rings. The molecule has 11 nitrogen and oxygen atoms in total. The van der Waals surface area contributed by atoms with Crippen LogP contribution >= 0.6 is 0 Å². The van der Waals surface area contributed by atoms with Gasteiger partial charge in [0.25, 0.3) is 5.91 Å². The Labute approximate surface area is 210 Å². The fourth-order valence-corrected chi connectivity index (χ4v) is 4.55. The highest BCUT2D eigenvalue weighted by Gasteiger charge is 2.49. The van der Waals surface area contributed by atoms with Crippen LogP contribution < -0.4 is 0 Å². The SMILES string of the molecule is O=C1CC(O[C@@H]2O[C@H](CO)[C@H](O)[C@H](n3cc(-c4cccc(F)c4)nn3)[C@H]2O)C(=O)N1Cc1ccccc1. The molecule has 194 valence electrons. The number of rotatable bonds is 7. The molecule has 1 aromatic heterocycles. The summed E-state index contributed by atoms with van der Waals surface area (Å²) in [7, 11) is 0. The third kappa shape index (κ3) is 5.02. The van der Waals surface area contributed by atoms with Crippen molar-refractivity contribution in [1.82, 2.24) is 19.9 Å². The standard InChI is InChI=1S/C25H25FN4O7/c26-16-8-4-7-15(9-16)17-12-30(28-27-17)21-22(33)19(13-31)37-25(23(21)34)36-18-10-20(32)29(24(18)35)11-14-5-2-1-3-6-14/h1-9,12,18-19,21-23,25,31,33-34H,10-11,13H2/t18?,19-,21+,22+,23-,25-/m1/s1. The lowest BCUT2D eigenvalue weighted by molar-refractivity contribution is -0.295. The summed E-state index contributed by atoms with van der Waals surface area (Å²) >= 11 is 0. The summed E-state index contributed by atoms with van der Waals surface area (Å²) in [5, 5.41) is 39.6. The van der Waals surface area contributed by atoms with Gasteiger partial charge in [-0.15, -0.1) is 5.10 Å². The predicted octanol–water partition coefficient (Wildman–Crippen LogP) is 0.409. The smallest absolute Gasteiger partial charge is 0.259 e. The lowest BCUT2D eigenvalue weighted by Crippen LogP contribution is -2.57. The van der Waals surface area contributed by atoms with Crippen LogP contribution in [-0.2, 0) is 25.6 Å². The van der Waals surface area contributed by atoms with E-state index in [4.69, 9.17) is 9.47 Å². The van der Waals surface area contributed by atoms with Crippen LogP contribution in [0.4, 0.5) is 4.39 Å². The Balaban J connectivity index is 1.34. The Bertz CT molecular complexity index is 1270. The lowest BCUT2D eigenvalue weighted by Gasteiger charge is -2.42. The van der Waals surface area contributed by atoms with Crippen LogP contribution in [0.15, 0.2) is 60.8 Å². The van der Waals surface area contributed by atoms with Crippen molar-refractivity contribution in [2.75, 3.05) is 6.61 Å². The number of hydrogen-bond acceptors (Lipinski definition) is 9. The van der Waals surface area contributed by atoms with Crippen LogP contribution in [0.5, 0.6) is 0 Å². The van der Waals surface area contributed by atoms with Gasteiger partial charge in [0.15, 0.2) is 6.29 Å². The zero-order valence-electron chi connectivity index (χ0n) is 19.5. The highest BCUT2D eigenvalue weighted by molar-refractivity contribution is 6.04. The second-order valence-corrected chi connectivity index (χ2v) is 8.92. The number of hydrogen-bond donors (Lipinski definition) is 3. The van der Waals surface area contributed by atoms with Crippen molar-refractivity contribution in [2.24, 2.45) is 0 Å². The largest absolute Gasteiger partial charge is 0.394 e. The number of carbonyl (C=O) groups excluding carboxylic acids is 2. The zero-order valence-corrected chi connectivity index (χ0v) is 19.5. The van der Waals surface area contributed by atoms with Gasteiger partial charge in [0.05, 0.1) is 25.8 Å². The van der Waals surface area contributed by atoms with Crippen LogP contribution in [0.2, 0.25) is 0 Å². The van der Waals surface area contributed by atoms with Gasteiger partial charge in [-0.3, -0.25) is 14.5 Å². The molecule has 2 amide bonds. The van der Waals surface area contributed by atoms with Gasteiger partial charge in [-0.1, -0.05) is 47.7 Å². The first-order chi connectivity index (χ1) is 17.9. The van der Waals surface area contributed by atoms with Gasteiger partial charge in [-0.25, -0.2) is 9.07 Å². The number of amides is 2. The van der Waals surface area contributed by atoms with Crippen molar-refractivity contribution < 1.29 is 38.8 Å². The second kappa shape index (κ2) is 10.4. The molecular formula is C25H25FN4O7. The quantitative estimate of drug-likeness (QED) is 0.383. The number of aliphatic hydroxyl groups is 3. The summed E-state index contributed by atoms with van der Waals surface area (Å²) < 4.78 is 26.1. The second-order valence-electron chi connectivity index (χ2n) is 8.92. The van der Waals surface area contributed by atoms with Crippen molar-refractivity contribution in [3.63, 3.8) is 0 Å². The Morgan fingerprint density at radius 1 is 1.08 bits per heavy atom. The van der Waals surface area contributed by atoms with E-state index in [2.05, 4.69) is 10.3 Å². The number of imide groups is 1. The van der Waals surface area contributed by atoms with E-state index >= 15 is 0 Å². The van der Waals surface area contributed by atoms with Crippen molar-refractivity contribution in [1.29, 1.82) is 0 Å². The van der Waals surface area contributed by atoms with Crippen LogP contribution in [0.25, 0.3) is 11.3 Å². The van der Waals surface area contributed by atoms with Gasteiger partial charge in [-0.05, 0) is 17.7 Å². The average molecular weight is 512 g/mol. The monoisotopic (exact) mass is 512 g/mol. The van der Waals surface area contributed by atoms with Crippen molar-refractivity contribution in [3.05, 3.63) is 72.2 Å². The number of likely N-dealkylation sites (tertiary alicyclic amines) is 1. The Kier molecular flexibility index (Phi) is 7.09. The average Bonchev–Trinajstić information content (AvgIpc) is 3.47. The predicted molar refractivity (Wildman–Crippen MR) is 124 cm³/mol. The van der Waals surface area contributed by atoms with E-state index in [0.717, 1.165) is 10.5 Å². The Morgan fingerprint density at radius 2 is 1.86 bits per heavy atom. The fraction of sp³-hybridized carbons (Fsp3) is 0.360. The molecule has 0 radical (unpaired) electrons. The first kappa shape index (κ1) is 25.1. The Hall–Kier alpha value is -3.55. The number of halogens is 1. The van der Waals surface area contributed by atoms with Gasteiger partial charge in [-0.2, -0.15) is 0 Å². The number of aliphatic hydroxyl groups excluding tert-OH is 3. The van der Waals surface area contributed by atoms with Crippen molar-refractivity contribution in [2.45, 2.75) is 49.7 Å². The van der Waals surface area contributed by atoms with E-state index in [9.17, 15) is 29.3 Å². The van der Waals surface area contributed by atoms with Crippen LogP contribution in [0.1, 0.15) is 18.0 Å². The van der Waals surface area contributed by atoms with E-state index in [1.807, 2.05) is 6.07 Å². The molecule has 1 unspecified atom stereocenters. The van der Waals surface area contributed by atoms with Gasteiger partial charge in [0, 0.05) is 5.56 Å². The minimum Gasteiger partial charge on any atom is -0.394 e. The normalized spacial score (nSPS) is 28.2. The van der Waals surface area contributed by atoms with Gasteiger partial charge >= 0.3 is 0 Å². The fourth-order valence-electron chi connectivity index (χ4n) is 4.55. The summed E-state index contributed by atoms with van der Waals surface area (Å²) in [6.45, 7) is -0.539. The highest BCUT2D eigenvalue weighted by Crippen LogP contribution is 2.33. The maximum Gasteiger partial charge on any atom is 0.259 e. The van der Waals surface area contributed by atoms with E-state index in [-0.39, 0.29) is 18.7 Å². The minimum atomic E-state index is -1.55. The third-order valence-electron chi connectivity index (χ3n) is 6.47. The molecule has 2 saturated heterocycles. The molecule has 2 fully saturated rings. The zero-order chi connectivity index (χ0) is 26.1. The van der Waals surface area contributed by atoms with Gasteiger partial charge in [0.2, 0.25) is 5.91 Å². The summed E-state index contributed by atoms with van der Waals surface area (Å²) in [6.07, 6.45) is -5.68. The number of nitrogens with zero attached hydrogens (tertiary/aromatic N) is 4. The number of carbonyl (C=O) groups is 2. The molecule has 0 bridgehead atoms. The van der Waals surface area contributed by atoms with E-state index < -0.39 is 61.0 Å². The van der Waals surface area contributed by atoms with E-state index in [1.165, 1.54) is 29.1 Å². The molecule has 0 spiro atoms. The molecule has 12 heteroatoms. The molecule has 2 aromatic carbocycles. The molecular weight excluding hydrogens is 487 g/mol. The summed E-state index contributed by atoms with van der Waals surface area (Å²) in [4.78, 5) is 26.6. The van der Waals surface area contributed by atoms with E-state index in [0.29, 0.717) is 5.56 Å². The van der Waals surface area contributed by atoms with Crippen molar-refractivity contribution in [3.8, 4) is 11.3 Å². The topological polar surface area (TPSA) is 147 Å². The summed E-state index contributed by atoms with van der Waals surface area (Å²) in [5.74, 6) is -1.48. The summed E-state index contributed by atoms with van der Waals surface area (Å²) in [5.41, 5.74) is 1.49. The van der Waals surface area contributed by atoms with Crippen molar-refractivity contribution >= 4 is 11.8 Å². The highest BCUT2D eigenvalue weighted by atomic mass is 19.1. The number of benzene rings is 2. The maximum atomic E-state index is 13.6. The molecule has 3 heterocycles. The van der Waals surface area contributed by atoms with Crippen LogP contribution in [-0.4, -0.2) is 84.3 Å². The molecule has 0 aliphatic carbocycles. The molecule has 6 atom stereocenters. The first-order valence-corrected chi connectivity index (χ1v) is 11.7. The first-order valence-electron chi connectivity index (χ1n) is 11.7. The molecule has 3 N–H and O–H groups in total. The van der Waals surface area contributed by atoms with E-state index in [1.54, 1.807) is 30.3 Å². The molecule has 37 heavy (non-hydrogen) atoms. The molecule has 5 rings (SSSR count). The molecule has 3 aromatic rings. The maximum absolute atomic E-state index is 13.6. The third-order valence-corrected chi connectivity index (χ3v) is 6.47. The lowest BCUT2D eigenvalue weighted by atomic mass is 9.96. The summed E-state index contributed by atoms with van der Waals surface area (Å²) in [6, 6.07) is 13.5.